The molecule has 3 nitrogen and oxygen atoms in total. The Bertz CT molecular complexity index is 452. The number of hydrogen-bond donors (Lipinski definition) is 2. The van der Waals surface area contributed by atoms with Crippen LogP contribution in [0.5, 0.6) is 0 Å². The molecule has 0 aromatic heterocycles. The first-order valence-corrected chi connectivity index (χ1v) is 6.61. The molecule has 96 valence electrons. The van der Waals surface area contributed by atoms with Gasteiger partial charge in [-0.1, -0.05) is 12.1 Å². The molecule has 0 bridgehead atoms. The van der Waals surface area contributed by atoms with Crippen LogP contribution in [0.4, 0.5) is 4.39 Å². The molecule has 3 rings (SSSR count). The lowest BCUT2D eigenvalue weighted by molar-refractivity contribution is 0.320. The van der Waals surface area contributed by atoms with Crippen molar-refractivity contribution < 1.29 is 4.39 Å². The highest BCUT2D eigenvalue weighted by molar-refractivity contribution is 5.80. The van der Waals surface area contributed by atoms with Crippen LogP contribution in [0.25, 0.3) is 0 Å². The smallest absolute Gasteiger partial charge is 0.191 e. The Hall–Kier alpha value is -1.58. The molecule has 0 amide bonds. The molecule has 0 unspecified atom stereocenters. The molecule has 4 heteroatoms. The number of aliphatic imine (C=N–C) groups is 1. The van der Waals surface area contributed by atoms with E-state index in [9.17, 15) is 4.39 Å². The van der Waals surface area contributed by atoms with Gasteiger partial charge in [0.15, 0.2) is 5.96 Å². The summed E-state index contributed by atoms with van der Waals surface area (Å²) in [6.45, 7) is 1.92. The molecule has 18 heavy (non-hydrogen) atoms. The largest absolute Gasteiger partial charge is 0.356 e. The minimum Gasteiger partial charge on any atom is -0.356 e. The number of rotatable bonds is 2. The van der Waals surface area contributed by atoms with Gasteiger partial charge in [0, 0.05) is 19.1 Å². The number of hydrogen-bond acceptors (Lipinski definition) is 3. The van der Waals surface area contributed by atoms with Crippen molar-refractivity contribution in [3.63, 3.8) is 0 Å². The normalized spacial score (nSPS) is 26.8. The molecular weight excluding hydrogens is 229 g/mol. The Labute approximate surface area is 106 Å². The highest BCUT2D eigenvalue weighted by Crippen LogP contribution is 2.36. The second-order valence-electron chi connectivity index (χ2n) is 5.08. The molecule has 2 aliphatic rings. The van der Waals surface area contributed by atoms with E-state index in [0.717, 1.165) is 43.9 Å². The van der Waals surface area contributed by atoms with Crippen LogP contribution >= 0.6 is 0 Å². The Kier molecular flexibility index (Phi) is 3.17. The zero-order valence-electron chi connectivity index (χ0n) is 10.3. The van der Waals surface area contributed by atoms with Gasteiger partial charge < -0.3 is 10.6 Å². The van der Waals surface area contributed by atoms with Crippen LogP contribution in [0.15, 0.2) is 29.3 Å². The van der Waals surface area contributed by atoms with Crippen LogP contribution in [0.3, 0.4) is 0 Å². The minimum absolute atomic E-state index is 0.137. The summed E-state index contributed by atoms with van der Waals surface area (Å²) >= 11 is 0. The fraction of sp³-hybridized carbons (Fsp3) is 0.500. The zero-order chi connectivity index (χ0) is 12.4. The molecule has 0 atom stereocenters. The maximum atomic E-state index is 13.1. The maximum Gasteiger partial charge on any atom is 0.191 e. The first kappa shape index (κ1) is 11.5. The Balaban J connectivity index is 1.52. The van der Waals surface area contributed by atoms with E-state index in [0.29, 0.717) is 12.0 Å². The average Bonchev–Trinajstić information content (AvgIpc) is 2.34. The summed E-state index contributed by atoms with van der Waals surface area (Å²) in [5, 5.41) is 6.68. The van der Waals surface area contributed by atoms with Gasteiger partial charge >= 0.3 is 0 Å². The molecule has 0 spiro atoms. The van der Waals surface area contributed by atoms with Crippen LogP contribution in [0, 0.1) is 5.82 Å². The third-order valence-electron chi connectivity index (χ3n) is 3.70. The van der Waals surface area contributed by atoms with Crippen molar-refractivity contribution in [2.24, 2.45) is 4.99 Å². The average molecular weight is 247 g/mol. The lowest BCUT2D eigenvalue weighted by Crippen LogP contribution is -2.50. The molecule has 1 saturated carbocycles. The maximum absolute atomic E-state index is 13.1. The molecule has 0 radical (unpaired) electrons. The van der Waals surface area contributed by atoms with Crippen molar-refractivity contribution in [1.29, 1.82) is 0 Å². The van der Waals surface area contributed by atoms with Crippen molar-refractivity contribution in [3.8, 4) is 0 Å². The lowest BCUT2D eigenvalue weighted by Gasteiger charge is -2.37. The monoisotopic (exact) mass is 247 g/mol. The summed E-state index contributed by atoms with van der Waals surface area (Å²) in [5.74, 6) is 1.29. The Morgan fingerprint density at radius 2 is 2.22 bits per heavy atom. The highest BCUT2D eigenvalue weighted by Gasteiger charge is 2.31. The summed E-state index contributed by atoms with van der Waals surface area (Å²) < 4.78 is 13.1. The fourth-order valence-electron chi connectivity index (χ4n) is 2.59. The van der Waals surface area contributed by atoms with E-state index in [1.165, 1.54) is 6.07 Å². The van der Waals surface area contributed by atoms with Crippen molar-refractivity contribution in [1.82, 2.24) is 10.6 Å². The molecule has 1 aliphatic carbocycles. The van der Waals surface area contributed by atoms with Gasteiger partial charge in [-0.15, -0.1) is 0 Å². The van der Waals surface area contributed by atoms with Crippen LogP contribution in [0.1, 0.15) is 30.7 Å². The van der Waals surface area contributed by atoms with E-state index >= 15 is 0 Å². The van der Waals surface area contributed by atoms with E-state index in [2.05, 4.69) is 15.6 Å². The van der Waals surface area contributed by atoms with Crippen LogP contribution in [0.2, 0.25) is 0 Å². The van der Waals surface area contributed by atoms with Gasteiger partial charge in [-0.3, -0.25) is 4.99 Å². The van der Waals surface area contributed by atoms with Gasteiger partial charge in [-0.25, -0.2) is 4.39 Å². The van der Waals surface area contributed by atoms with Gasteiger partial charge in [0.2, 0.25) is 0 Å². The summed E-state index contributed by atoms with van der Waals surface area (Å²) in [6, 6.07) is 7.43. The van der Waals surface area contributed by atoms with Crippen molar-refractivity contribution in [3.05, 3.63) is 35.6 Å². The van der Waals surface area contributed by atoms with Gasteiger partial charge in [0.1, 0.15) is 5.82 Å². The van der Waals surface area contributed by atoms with E-state index in [-0.39, 0.29) is 5.82 Å². The van der Waals surface area contributed by atoms with E-state index in [4.69, 9.17) is 0 Å². The summed E-state index contributed by atoms with van der Waals surface area (Å²) in [6.07, 6.45) is 3.23. The first-order valence-electron chi connectivity index (χ1n) is 6.61. The first-order chi connectivity index (χ1) is 8.81. The van der Waals surface area contributed by atoms with Crippen molar-refractivity contribution in [2.75, 3.05) is 13.1 Å². The number of nitrogens with zero attached hydrogens (tertiary/aromatic N) is 1. The Morgan fingerprint density at radius 1 is 1.33 bits per heavy atom. The molecule has 1 aliphatic heterocycles. The van der Waals surface area contributed by atoms with Crippen molar-refractivity contribution >= 4 is 5.96 Å². The van der Waals surface area contributed by atoms with Gasteiger partial charge in [-0.05, 0) is 42.9 Å². The number of nitrogens with one attached hydrogen (secondary N) is 2. The summed E-state index contributed by atoms with van der Waals surface area (Å²) in [5.41, 5.74) is 1.12. The SMILES string of the molecule is Fc1cccc(C2CC(NC3=NCCCN3)C2)c1. The quantitative estimate of drug-likeness (QED) is 0.838. The second kappa shape index (κ2) is 4.96. The topological polar surface area (TPSA) is 36.4 Å². The molecule has 0 saturated heterocycles. The minimum atomic E-state index is -0.137. The third-order valence-corrected chi connectivity index (χ3v) is 3.70. The standard InChI is InChI=1S/C14H18FN3/c15-12-4-1-3-10(7-12)11-8-13(9-11)18-14-16-5-2-6-17-14/h1,3-4,7,11,13H,2,5-6,8-9H2,(H2,16,17,18). The number of benzene rings is 1. The number of guanidine groups is 1. The fourth-order valence-corrected chi connectivity index (χ4v) is 2.59. The second-order valence-corrected chi connectivity index (χ2v) is 5.08. The predicted octanol–water partition coefficient (Wildman–Crippen LogP) is 2.01. The zero-order valence-corrected chi connectivity index (χ0v) is 10.3. The van der Waals surface area contributed by atoms with Crippen LogP contribution < -0.4 is 10.6 Å². The van der Waals surface area contributed by atoms with Gasteiger partial charge in [0.05, 0.1) is 0 Å². The number of halogens is 1. The Morgan fingerprint density at radius 3 is 2.94 bits per heavy atom. The highest BCUT2D eigenvalue weighted by atomic mass is 19.1. The molecule has 1 aromatic rings. The van der Waals surface area contributed by atoms with E-state index in [1.807, 2.05) is 6.07 Å². The van der Waals surface area contributed by atoms with Gasteiger partial charge in [-0.2, -0.15) is 0 Å². The molecule has 1 fully saturated rings. The van der Waals surface area contributed by atoms with E-state index in [1.54, 1.807) is 12.1 Å². The molecule has 2 N–H and O–H groups in total. The van der Waals surface area contributed by atoms with E-state index < -0.39 is 0 Å². The molecule has 1 aromatic carbocycles. The summed E-state index contributed by atoms with van der Waals surface area (Å²) in [7, 11) is 0. The molecule has 1 heterocycles. The van der Waals surface area contributed by atoms with Crippen LogP contribution in [-0.2, 0) is 0 Å². The lowest BCUT2D eigenvalue weighted by atomic mass is 9.76. The molecular formula is C14H18FN3. The van der Waals surface area contributed by atoms with Crippen LogP contribution in [-0.4, -0.2) is 25.1 Å². The predicted molar refractivity (Wildman–Crippen MR) is 70.2 cm³/mol. The summed E-state index contributed by atoms with van der Waals surface area (Å²) in [4.78, 5) is 4.40. The van der Waals surface area contributed by atoms with Crippen molar-refractivity contribution in [2.45, 2.75) is 31.2 Å². The third kappa shape index (κ3) is 2.47. The van der Waals surface area contributed by atoms with Gasteiger partial charge in [0.25, 0.3) is 0 Å².